The van der Waals surface area contributed by atoms with Crippen LogP contribution in [0.25, 0.3) is 0 Å². The molecule has 39 heavy (non-hydrogen) atoms. The number of amides is 1. The molecule has 2 aromatic rings. The summed E-state index contributed by atoms with van der Waals surface area (Å²) in [5.41, 5.74) is 1.65. The van der Waals surface area contributed by atoms with Crippen molar-refractivity contribution in [1.29, 1.82) is 0 Å². The molecule has 0 bridgehead atoms. The van der Waals surface area contributed by atoms with Gasteiger partial charge >= 0.3 is 6.09 Å². The van der Waals surface area contributed by atoms with E-state index in [1.807, 2.05) is 37.3 Å². The Kier molecular flexibility index (Phi) is 9.97. The third-order valence-electron chi connectivity index (χ3n) is 7.12. The van der Waals surface area contributed by atoms with Gasteiger partial charge in [0.2, 0.25) is 0 Å². The average molecular weight is 543 g/mol. The number of alkyl halides is 2. The van der Waals surface area contributed by atoms with Gasteiger partial charge in [0, 0.05) is 42.5 Å². The van der Waals surface area contributed by atoms with Crippen LogP contribution >= 0.6 is 0 Å². The lowest BCUT2D eigenvalue weighted by Gasteiger charge is -2.38. The number of nitrogens with zero attached hydrogens (tertiary/aromatic N) is 2. The molecule has 3 rings (SSSR count). The largest absolute Gasteiger partial charge is 0.444 e. The standard InChI is InChI=1S/C31H40F2N2O4/c1-6-27(36)26-19-23(18-25(34-26)21(2)22-12-8-7-9-13-22)28(37)15-11-10-14-24-16-17-35(20-31(24,32)33)29(38)39-30(3,4)5/h7-9,12-13,18-19,21,24H,6,10-11,14-17,20H2,1-5H3/t21-,24-/m0/s1. The summed E-state index contributed by atoms with van der Waals surface area (Å²) in [5.74, 6) is -4.22. The summed E-state index contributed by atoms with van der Waals surface area (Å²) in [4.78, 5) is 43.4. The second-order valence-corrected chi connectivity index (χ2v) is 11.4. The normalized spacial score (nSPS) is 17.9. The van der Waals surface area contributed by atoms with E-state index < -0.39 is 30.1 Å². The number of aromatic nitrogens is 1. The molecule has 1 aromatic heterocycles. The first-order valence-electron chi connectivity index (χ1n) is 13.8. The van der Waals surface area contributed by atoms with E-state index >= 15 is 0 Å². The highest BCUT2D eigenvalue weighted by Gasteiger charge is 2.46. The molecule has 1 aromatic carbocycles. The van der Waals surface area contributed by atoms with Gasteiger partial charge in [0.05, 0.1) is 6.54 Å². The zero-order valence-electron chi connectivity index (χ0n) is 23.6. The Balaban J connectivity index is 1.59. The number of Topliss-reactive ketones (excluding diaryl/α,β-unsaturated/α-hetero) is 2. The number of hydrogen-bond donors (Lipinski definition) is 0. The van der Waals surface area contributed by atoms with Gasteiger partial charge in [-0.3, -0.25) is 9.59 Å². The monoisotopic (exact) mass is 542 g/mol. The lowest BCUT2D eigenvalue weighted by atomic mass is 9.87. The van der Waals surface area contributed by atoms with Crippen LogP contribution in [0.4, 0.5) is 13.6 Å². The van der Waals surface area contributed by atoms with Gasteiger partial charge in [-0.1, -0.05) is 50.6 Å². The van der Waals surface area contributed by atoms with Gasteiger partial charge < -0.3 is 9.64 Å². The van der Waals surface area contributed by atoms with E-state index in [-0.39, 0.29) is 55.4 Å². The summed E-state index contributed by atoms with van der Waals surface area (Å²) in [7, 11) is 0. The molecule has 0 spiro atoms. The topological polar surface area (TPSA) is 76.6 Å². The van der Waals surface area contributed by atoms with Crippen LogP contribution in [0.2, 0.25) is 0 Å². The highest BCUT2D eigenvalue weighted by atomic mass is 19.3. The maximum atomic E-state index is 14.8. The molecule has 2 heterocycles. The third-order valence-corrected chi connectivity index (χ3v) is 7.12. The average Bonchev–Trinajstić information content (AvgIpc) is 2.89. The SMILES string of the molecule is CCC(=O)c1cc(C(=O)CCCC[C@H]2CCN(C(=O)OC(C)(C)C)CC2(F)F)cc([C@@H](C)c2ccccc2)n1. The number of carbonyl (C=O) groups excluding carboxylic acids is 3. The summed E-state index contributed by atoms with van der Waals surface area (Å²) in [6.07, 6.45) is 1.16. The molecule has 0 saturated carbocycles. The van der Waals surface area contributed by atoms with E-state index in [1.54, 1.807) is 39.8 Å². The minimum atomic E-state index is -3.01. The number of halogens is 2. The molecule has 1 aliphatic heterocycles. The molecule has 0 aliphatic carbocycles. The van der Waals surface area contributed by atoms with Gasteiger partial charge in [-0.2, -0.15) is 0 Å². The molecule has 0 unspecified atom stereocenters. The third kappa shape index (κ3) is 8.41. The molecule has 6 nitrogen and oxygen atoms in total. The van der Waals surface area contributed by atoms with Gasteiger partial charge in [-0.15, -0.1) is 0 Å². The van der Waals surface area contributed by atoms with Crippen LogP contribution in [-0.2, 0) is 4.74 Å². The second-order valence-electron chi connectivity index (χ2n) is 11.4. The van der Waals surface area contributed by atoms with Crippen LogP contribution in [0.15, 0.2) is 42.5 Å². The van der Waals surface area contributed by atoms with Crippen LogP contribution in [0.3, 0.4) is 0 Å². The van der Waals surface area contributed by atoms with E-state index in [2.05, 4.69) is 4.98 Å². The highest BCUT2D eigenvalue weighted by Crippen LogP contribution is 2.37. The van der Waals surface area contributed by atoms with Crippen molar-refractivity contribution in [1.82, 2.24) is 9.88 Å². The zero-order chi connectivity index (χ0) is 28.8. The Bertz CT molecular complexity index is 1160. The molecule has 1 aliphatic rings. The molecule has 1 saturated heterocycles. The summed E-state index contributed by atoms with van der Waals surface area (Å²) in [5, 5.41) is 0. The van der Waals surface area contributed by atoms with E-state index in [0.717, 1.165) is 10.5 Å². The van der Waals surface area contributed by atoms with Gasteiger partial charge in [0.25, 0.3) is 5.92 Å². The maximum absolute atomic E-state index is 14.8. The molecular formula is C31H40F2N2O4. The van der Waals surface area contributed by atoms with Crippen LogP contribution < -0.4 is 0 Å². The molecule has 8 heteroatoms. The van der Waals surface area contributed by atoms with E-state index in [1.165, 1.54) is 0 Å². The number of carbonyl (C=O) groups is 3. The van der Waals surface area contributed by atoms with Crippen molar-refractivity contribution in [2.24, 2.45) is 5.92 Å². The van der Waals surface area contributed by atoms with Crippen molar-refractivity contribution < 1.29 is 27.9 Å². The lowest BCUT2D eigenvalue weighted by molar-refractivity contribution is -0.112. The number of rotatable bonds is 10. The van der Waals surface area contributed by atoms with Crippen molar-refractivity contribution in [3.63, 3.8) is 0 Å². The van der Waals surface area contributed by atoms with Crippen molar-refractivity contribution in [2.75, 3.05) is 13.1 Å². The Morgan fingerprint density at radius 1 is 1.10 bits per heavy atom. The predicted octanol–water partition coefficient (Wildman–Crippen LogP) is 7.46. The fourth-order valence-corrected chi connectivity index (χ4v) is 4.82. The summed E-state index contributed by atoms with van der Waals surface area (Å²) >= 11 is 0. The maximum Gasteiger partial charge on any atom is 0.410 e. The van der Waals surface area contributed by atoms with Crippen molar-refractivity contribution in [3.05, 3.63) is 65.0 Å². The van der Waals surface area contributed by atoms with Gasteiger partial charge in [-0.05, 0) is 57.7 Å². The molecular weight excluding hydrogens is 502 g/mol. The quantitative estimate of drug-likeness (QED) is 0.230. The number of hydrogen-bond acceptors (Lipinski definition) is 5. The van der Waals surface area contributed by atoms with Crippen LogP contribution in [0.5, 0.6) is 0 Å². The number of ether oxygens (including phenoxy) is 1. The highest BCUT2D eigenvalue weighted by molar-refractivity contribution is 6.00. The van der Waals surface area contributed by atoms with Crippen LogP contribution in [-0.4, -0.2) is 52.2 Å². The van der Waals surface area contributed by atoms with Gasteiger partial charge in [0.15, 0.2) is 11.6 Å². The van der Waals surface area contributed by atoms with Crippen LogP contribution in [0, 0.1) is 5.92 Å². The Labute approximate surface area is 230 Å². The first-order chi connectivity index (χ1) is 18.3. The van der Waals surface area contributed by atoms with E-state index in [4.69, 9.17) is 4.74 Å². The van der Waals surface area contributed by atoms with Crippen molar-refractivity contribution in [2.45, 2.75) is 90.6 Å². The lowest BCUT2D eigenvalue weighted by Crippen LogP contribution is -2.51. The van der Waals surface area contributed by atoms with E-state index in [9.17, 15) is 23.2 Å². The molecule has 2 atom stereocenters. The molecule has 1 amide bonds. The number of ketones is 2. The number of benzene rings is 1. The molecule has 1 fully saturated rings. The fourth-order valence-electron chi connectivity index (χ4n) is 4.82. The number of likely N-dealkylation sites (tertiary alicyclic amines) is 1. The minimum absolute atomic E-state index is 0.101. The molecule has 212 valence electrons. The van der Waals surface area contributed by atoms with Gasteiger partial charge in [-0.25, -0.2) is 18.6 Å². The predicted molar refractivity (Wildman–Crippen MR) is 146 cm³/mol. The Morgan fingerprint density at radius 3 is 2.41 bits per heavy atom. The van der Waals surface area contributed by atoms with Crippen molar-refractivity contribution in [3.8, 4) is 0 Å². The summed E-state index contributed by atoms with van der Waals surface area (Å²) < 4.78 is 34.9. The Hall–Kier alpha value is -3.16. The van der Waals surface area contributed by atoms with E-state index in [0.29, 0.717) is 24.1 Å². The zero-order valence-corrected chi connectivity index (χ0v) is 23.6. The first kappa shape index (κ1) is 30.4. The number of unbranched alkanes of at least 4 members (excludes halogenated alkanes) is 1. The summed E-state index contributed by atoms with van der Waals surface area (Å²) in [6.45, 7) is 8.43. The van der Waals surface area contributed by atoms with Gasteiger partial charge in [0.1, 0.15) is 11.3 Å². The Morgan fingerprint density at radius 2 is 1.79 bits per heavy atom. The number of pyridine rings is 1. The second kappa shape index (κ2) is 12.8. The summed E-state index contributed by atoms with van der Waals surface area (Å²) in [6, 6.07) is 13.1. The minimum Gasteiger partial charge on any atom is -0.444 e. The first-order valence-corrected chi connectivity index (χ1v) is 13.8. The molecule has 0 N–H and O–H groups in total. The smallest absolute Gasteiger partial charge is 0.410 e. The fraction of sp³-hybridized carbons (Fsp3) is 0.548. The molecule has 0 radical (unpaired) electrons. The van der Waals surface area contributed by atoms with Crippen molar-refractivity contribution >= 4 is 17.7 Å². The van der Waals surface area contributed by atoms with Crippen LogP contribution in [0.1, 0.15) is 111 Å². The number of piperidine rings is 1.